The number of fused-ring (bicyclic) bond motifs is 3. The summed E-state index contributed by atoms with van der Waals surface area (Å²) in [6, 6.07) is 0.527. The fourth-order valence-corrected chi connectivity index (χ4v) is 4.69. The van der Waals surface area contributed by atoms with Crippen molar-refractivity contribution in [2.75, 3.05) is 19.6 Å². The minimum absolute atomic E-state index is 0.0199. The van der Waals surface area contributed by atoms with Gasteiger partial charge in [-0.3, -0.25) is 23.7 Å². The minimum Gasteiger partial charge on any atom is -0.481 e. The maximum Gasteiger partial charge on any atom is 0.300 e. The number of aromatic nitrogens is 2. The molecule has 1 aromatic heterocycles. The number of carboxylic acids is 2. The molecule has 1 amide bonds. The predicted molar refractivity (Wildman–Crippen MR) is 125 cm³/mol. The van der Waals surface area contributed by atoms with Crippen molar-refractivity contribution in [3.63, 3.8) is 0 Å². The first-order valence-corrected chi connectivity index (χ1v) is 11.7. The minimum atomic E-state index is -0.833. The zero-order valence-electron chi connectivity index (χ0n) is 20.5. The van der Waals surface area contributed by atoms with Gasteiger partial charge in [0.15, 0.2) is 0 Å². The third-order valence-corrected chi connectivity index (χ3v) is 6.35. The number of carbonyl (C=O) groups excluding carboxylic acids is 1. The van der Waals surface area contributed by atoms with Crippen LogP contribution in [0.4, 0.5) is 0 Å². The molecule has 4 N–H and O–H groups in total. The quantitative estimate of drug-likeness (QED) is 0.483. The fourth-order valence-electron chi connectivity index (χ4n) is 4.69. The molecule has 0 radical (unpaired) electrons. The van der Waals surface area contributed by atoms with E-state index in [1.54, 1.807) is 16.5 Å². The van der Waals surface area contributed by atoms with Gasteiger partial charge in [-0.15, -0.1) is 0 Å². The Labute approximate surface area is 199 Å². The largest absolute Gasteiger partial charge is 0.481 e. The summed E-state index contributed by atoms with van der Waals surface area (Å²) in [5.74, 6) is 0.640. The number of hydrogen-bond acceptors (Lipinski definition) is 7. The molecule has 11 nitrogen and oxygen atoms in total. The lowest BCUT2D eigenvalue weighted by Crippen LogP contribution is -2.54. The summed E-state index contributed by atoms with van der Waals surface area (Å²) in [4.78, 5) is 49.2. The number of nitrogens with zero attached hydrogens (tertiary/aromatic N) is 3. The maximum atomic E-state index is 12.6. The van der Waals surface area contributed by atoms with Crippen LogP contribution in [0.25, 0.3) is 0 Å². The molecule has 11 heteroatoms. The lowest BCUT2D eigenvalue weighted by atomic mass is 9.80. The third kappa shape index (κ3) is 7.91. The van der Waals surface area contributed by atoms with Gasteiger partial charge in [-0.1, -0.05) is 0 Å². The summed E-state index contributed by atoms with van der Waals surface area (Å²) in [6.07, 6.45) is 3.81. The first kappa shape index (κ1) is 27.5. The number of carbonyl (C=O) groups is 3. The summed E-state index contributed by atoms with van der Waals surface area (Å²) in [5, 5.41) is 22.0. The highest BCUT2D eigenvalue weighted by Gasteiger charge is 2.33. The van der Waals surface area contributed by atoms with Crippen LogP contribution in [0.5, 0.6) is 0 Å². The fraction of sp³-hybridized carbons (Fsp3) is 0.696. The highest BCUT2D eigenvalue weighted by Crippen LogP contribution is 2.27. The normalized spacial score (nSPS) is 22.5. The summed E-state index contributed by atoms with van der Waals surface area (Å²) < 4.78 is 1.56. The van der Waals surface area contributed by atoms with Crippen LogP contribution in [0, 0.1) is 18.8 Å². The van der Waals surface area contributed by atoms with Crippen molar-refractivity contribution < 1.29 is 24.6 Å². The molecule has 3 aliphatic heterocycles. The molecule has 3 aliphatic rings. The van der Waals surface area contributed by atoms with E-state index in [0.29, 0.717) is 42.9 Å². The highest BCUT2D eigenvalue weighted by molar-refractivity contribution is 5.76. The van der Waals surface area contributed by atoms with Gasteiger partial charge in [0.2, 0.25) is 5.91 Å². The van der Waals surface area contributed by atoms with Crippen molar-refractivity contribution in [1.82, 2.24) is 25.1 Å². The summed E-state index contributed by atoms with van der Waals surface area (Å²) in [6.45, 7) is 8.20. The molecular weight excluding hydrogens is 442 g/mol. The first-order valence-electron chi connectivity index (χ1n) is 11.7. The topological polar surface area (TPSA) is 154 Å². The summed E-state index contributed by atoms with van der Waals surface area (Å²) >= 11 is 0. The Bertz CT molecular complexity index is 927. The van der Waals surface area contributed by atoms with Crippen LogP contribution in [0.1, 0.15) is 56.6 Å². The summed E-state index contributed by atoms with van der Waals surface area (Å²) in [7, 11) is 1.73. The van der Waals surface area contributed by atoms with Gasteiger partial charge in [0.25, 0.3) is 17.5 Å². The Morgan fingerprint density at radius 2 is 1.74 bits per heavy atom. The van der Waals surface area contributed by atoms with Gasteiger partial charge in [-0.05, 0) is 57.7 Å². The van der Waals surface area contributed by atoms with Crippen molar-refractivity contribution in [1.29, 1.82) is 0 Å². The second-order valence-electron chi connectivity index (χ2n) is 9.16. The third-order valence-electron chi connectivity index (χ3n) is 6.35. The van der Waals surface area contributed by atoms with Gasteiger partial charge in [-0.2, -0.15) is 0 Å². The van der Waals surface area contributed by atoms with Crippen LogP contribution in [0.3, 0.4) is 0 Å². The van der Waals surface area contributed by atoms with Crippen molar-refractivity contribution in [3.8, 4) is 0 Å². The smallest absolute Gasteiger partial charge is 0.300 e. The van der Waals surface area contributed by atoms with Crippen molar-refractivity contribution in [2.45, 2.75) is 65.6 Å². The predicted octanol–water partition coefficient (Wildman–Crippen LogP) is 0.481. The van der Waals surface area contributed by atoms with Crippen LogP contribution >= 0.6 is 0 Å². The molecule has 0 saturated carbocycles. The summed E-state index contributed by atoms with van der Waals surface area (Å²) in [5.41, 5.74) is 1.43. The highest BCUT2D eigenvalue weighted by atomic mass is 16.4. The average Bonchev–Trinajstić information content (AvgIpc) is 3.17. The molecule has 2 bridgehead atoms. The molecule has 0 unspecified atom stereocenters. The molecule has 2 saturated heterocycles. The van der Waals surface area contributed by atoms with E-state index in [1.165, 1.54) is 6.42 Å². The molecule has 0 aliphatic carbocycles. The Hall–Kier alpha value is -2.79. The van der Waals surface area contributed by atoms with Crippen molar-refractivity contribution >= 4 is 17.8 Å². The maximum absolute atomic E-state index is 12.6. The number of nitrogens with one attached hydrogen (secondary N) is 2. The van der Waals surface area contributed by atoms with E-state index in [2.05, 4.69) is 15.6 Å². The molecule has 1 aromatic rings. The number of aryl methyl sites for hydroxylation is 1. The van der Waals surface area contributed by atoms with Crippen molar-refractivity contribution in [2.24, 2.45) is 18.9 Å². The van der Waals surface area contributed by atoms with Gasteiger partial charge in [0.05, 0.1) is 24.3 Å². The molecule has 190 valence electrons. The number of aliphatic carboxylic acids is 2. The van der Waals surface area contributed by atoms with Gasteiger partial charge in [0.1, 0.15) is 5.82 Å². The van der Waals surface area contributed by atoms with Crippen LogP contribution in [0.2, 0.25) is 0 Å². The number of hydrogen-bond donors (Lipinski definition) is 4. The standard InChI is InChI=1S/C19H29N5O2.2C2H4O2/c1-12-22-17-11-24(10-15(17)19(26)23(12)2)18(25)5-3-4-16-14-6-13(8-21-16)7-20-9-14;2*1-2(3)4/h13-14,16,20-21H,3-11H2,1-2H3;2*1H3,(H,3,4)/t13-,14+,16-;;/m0../s1. The monoisotopic (exact) mass is 479 g/mol. The van der Waals surface area contributed by atoms with Crippen LogP contribution in [0.15, 0.2) is 4.79 Å². The Morgan fingerprint density at radius 1 is 1.09 bits per heavy atom. The van der Waals surface area contributed by atoms with E-state index < -0.39 is 11.9 Å². The Kier molecular flexibility index (Phi) is 10.2. The molecular formula is C23H37N5O6. The van der Waals surface area contributed by atoms with Gasteiger partial charge in [0, 0.05) is 33.4 Å². The van der Waals surface area contributed by atoms with E-state index in [0.717, 1.165) is 57.9 Å². The van der Waals surface area contributed by atoms with E-state index in [4.69, 9.17) is 19.8 Å². The van der Waals surface area contributed by atoms with E-state index in [9.17, 15) is 9.59 Å². The second kappa shape index (κ2) is 12.6. The van der Waals surface area contributed by atoms with Crippen LogP contribution in [-0.2, 0) is 34.5 Å². The van der Waals surface area contributed by atoms with Gasteiger partial charge < -0.3 is 25.7 Å². The van der Waals surface area contributed by atoms with Crippen molar-refractivity contribution in [3.05, 3.63) is 27.4 Å². The zero-order chi connectivity index (χ0) is 25.4. The molecule has 4 heterocycles. The SMILES string of the molecule is CC(=O)O.CC(=O)O.Cc1nc2c(c(=O)n1C)CN(C(=O)CCC[C@@H]1NC[C@@H]3CNC[C@H]1C3)C2. The van der Waals surface area contributed by atoms with E-state index in [1.807, 2.05) is 6.92 Å². The van der Waals surface area contributed by atoms with Gasteiger partial charge in [-0.25, -0.2) is 4.98 Å². The molecule has 2 fully saturated rings. The van der Waals surface area contributed by atoms with E-state index >= 15 is 0 Å². The molecule has 0 spiro atoms. The van der Waals surface area contributed by atoms with Gasteiger partial charge >= 0.3 is 0 Å². The lowest BCUT2D eigenvalue weighted by molar-refractivity contribution is -0.135. The first-order chi connectivity index (χ1) is 16.0. The zero-order valence-corrected chi connectivity index (χ0v) is 20.5. The number of piperidine rings is 2. The molecule has 4 rings (SSSR count). The Balaban J connectivity index is 0.000000446. The molecule has 3 atom stereocenters. The van der Waals surface area contributed by atoms with E-state index in [-0.39, 0.29) is 11.5 Å². The number of rotatable bonds is 4. The number of amides is 1. The molecule has 34 heavy (non-hydrogen) atoms. The average molecular weight is 480 g/mol. The van der Waals surface area contributed by atoms with Crippen LogP contribution in [-0.4, -0.2) is 68.2 Å². The Morgan fingerprint density at radius 3 is 2.38 bits per heavy atom. The lowest BCUT2D eigenvalue weighted by Gasteiger charge is -2.41. The second-order valence-corrected chi connectivity index (χ2v) is 9.16. The van der Waals surface area contributed by atoms with Crippen LogP contribution < -0.4 is 16.2 Å². The molecule has 0 aromatic carbocycles. The number of carboxylic acid groups (broad SMARTS) is 2.